The van der Waals surface area contributed by atoms with Crippen molar-refractivity contribution in [2.45, 2.75) is 20.8 Å². The van der Waals surface area contributed by atoms with Gasteiger partial charge in [0.05, 0.1) is 6.61 Å². The Morgan fingerprint density at radius 3 is 2.28 bits per heavy atom. The van der Waals surface area contributed by atoms with Crippen molar-refractivity contribution in [1.29, 1.82) is 0 Å². The monoisotopic (exact) mass is 343 g/mol. The van der Waals surface area contributed by atoms with Gasteiger partial charge in [-0.2, -0.15) is 0 Å². The fourth-order valence-electron chi connectivity index (χ4n) is 2.36. The molecule has 0 spiro atoms. The van der Waals surface area contributed by atoms with Crippen molar-refractivity contribution in [1.82, 2.24) is 0 Å². The van der Waals surface area contributed by atoms with E-state index in [1.165, 1.54) is 0 Å². The van der Waals surface area contributed by atoms with Crippen LogP contribution in [-0.4, -0.2) is 32.3 Å². The summed E-state index contributed by atoms with van der Waals surface area (Å²) in [5.74, 6) is 1.30. The first-order valence-corrected chi connectivity index (χ1v) is 8.39. The molecule has 0 aliphatic heterocycles. The highest BCUT2D eigenvalue weighted by Gasteiger charge is 2.07. The van der Waals surface area contributed by atoms with E-state index in [2.05, 4.69) is 5.32 Å². The zero-order chi connectivity index (χ0) is 18.1. The number of carbonyl (C=O) groups excluding carboxylic acids is 1. The molecule has 0 radical (unpaired) electrons. The average Bonchev–Trinajstić information content (AvgIpc) is 2.60. The first kappa shape index (κ1) is 18.8. The molecule has 2 rings (SSSR count). The third kappa shape index (κ3) is 6.12. The van der Waals surface area contributed by atoms with E-state index < -0.39 is 0 Å². The molecular formula is C20H25NO4. The van der Waals surface area contributed by atoms with Crippen LogP contribution in [0.15, 0.2) is 42.5 Å². The summed E-state index contributed by atoms with van der Waals surface area (Å²) in [5.41, 5.74) is 2.73. The zero-order valence-corrected chi connectivity index (χ0v) is 15.0. The van der Waals surface area contributed by atoms with Crippen LogP contribution in [0.25, 0.3) is 0 Å². The number of aryl methyl sites for hydroxylation is 2. The highest BCUT2D eigenvalue weighted by molar-refractivity contribution is 5.91. The summed E-state index contributed by atoms with van der Waals surface area (Å²) in [5, 5.41) is 2.81. The van der Waals surface area contributed by atoms with Crippen molar-refractivity contribution in [3.63, 3.8) is 0 Å². The summed E-state index contributed by atoms with van der Waals surface area (Å²) in [6.45, 7) is 7.58. The molecule has 0 aliphatic rings. The number of para-hydroxylation sites is 1. The fraction of sp³-hybridized carbons (Fsp3) is 0.350. The second-order valence-electron chi connectivity index (χ2n) is 5.63. The molecule has 0 aliphatic carbocycles. The lowest BCUT2D eigenvalue weighted by atomic mass is 10.1. The molecule has 0 saturated heterocycles. The maximum Gasteiger partial charge on any atom is 0.262 e. The number of carbonyl (C=O) groups is 1. The van der Waals surface area contributed by atoms with Gasteiger partial charge in [0.15, 0.2) is 6.61 Å². The Balaban J connectivity index is 1.80. The van der Waals surface area contributed by atoms with Crippen molar-refractivity contribution >= 4 is 11.6 Å². The topological polar surface area (TPSA) is 56.8 Å². The SMILES string of the molecule is CCOCCOc1ccc(NC(=O)COc2c(C)cccc2C)cc1. The number of benzene rings is 2. The third-order valence-corrected chi connectivity index (χ3v) is 3.59. The van der Waals surface area contributed by atoms with E-state index in [1.807, 2.05) is 51.1 Å². The second kappa shape index (κ2) is 9.69. The minimum atomic E-state index is -0.201. The van der Waals surface area contributed by atoms with Gasteiger partial charge in [0.25, 0.3) is 5.91 Å². The van der Waals surface area contributed by atoms with Gasteiger partial charge in [-0.05, 0) is 56.2 Å². The van der Waals surface area contributed by atoms with Crippen LogP contribution >= 0.6 is 0 Å². The van der Waals surface area contributed by atoms with Gasteiger partial charge in [-0.3, -0.25) is 4.79 Å². The Morgan fingerprint density at radius 1 is 0.960 bits per heavy atom. The lowest BCUT2D eigenvalue weighted by Gasteiger charge is -2.12. The summed E-state index contributed by atoms with van der Waals surface area (Å²) in [7, 11) is 0. The maximum absolute atomic E-state index is 12.1. The largest absolute Gasteiger partial charge is 0.491 e. The molecule has 0 aromatic heterocycles. The molecule has 2 aromatic carbocycles. The van der Waals surface area contributed by atoms with Crippen molar-refractivity contribution < 1.29 is 19.0 Å². The minimum absolute atomic E-state index is 0.0295. The number of nitrogens with one attached hydrogen (secondary N) is 1. The van der Waals surface area contributed by atoms with E-state index in [9.17, 15) is 4.79 Å². The third-order valence-electron chi connectivity index (χ3n) is 3.59. The Bertz CT molecular complexity index is 662. The van der Waals surface area contributed by atoms with Crippen molar-refractivity contribution in [3.05, 3.63) is 53.6 Å². The van der Waals surface area contributed by atoms with Crippen molar-refractivity contribution in [2.24, 2.45) is 0 Å². The molecule has 5 nitrogen and oxygen atoms in total. The van der Waals surface area contributed by atoms with Gasteiger partial charge in [-0.25, -0.2) is 0 Å². The maximum atomic E-state index is 12.1. The highest BCUT2D eigenvalue weighted by atomic mass is 16.5. The van der Waals surface area contributed by atoms with E-state index in [4.69, 9.17) is 14.2 Å². The van der Waals surface area contributed by atoms with Crippen molar-refractivity contribution in [2.75, 3.05) is 31.7 Å². The summed E-state index contributed by atoms with van der Waals surface area (Å²) in [4.78, 5) is 12.1. The number of hydrogen-bond acceptors (Lipinski definition) is 4. The smallest absolute Gasteiger partial charge is 0.262 e. The van der Waals surface area contributed by atoms with Crippen LogP contribution in [0.3, 0.4) is 0 Å². The second-order valence-corrected chi connectivity index (χ2v) is 5.63. The van der Waals surface area contributed by atoms with Crippen LogP contribution in [0.2, 0.25) is 0 Å². The number of rotatable bonds is 9. The number of amides is 1. The number of hydrogen-bond donors (Lipinski definition) is 1. The van der Waals surface area contributed by atoms with Gasteiger partial charge >= 0.3 is 0 Å². The predicted molar refractivity (Wildman–Crippen MR) is 98.5 cm³/mol. The quantitative estimate of drug-likeness (QED) is 0.705. The van der Waals surface area contributed by atoms with Crippen LogP contribution in [-0.2, 0) is 9.53 Å². The molecule has 0 atom stereocenters. The van der Waals surface area contributed by atoms with Crippen LogP contribution < -0.4 is 14.8 Å². The van der Waals surface area contributed by atoms with Crippen LogP contribution in [0, 0.1) is 13.8 Å². The molecule has 0 unspecified atom stereocenters. The lowest BCUT2D eigenvalue weighted by Crippen LogP contribution is -2.20. The predicted octanol–water partition coefficient (Wildman–Crippen LogP) is 3.74. The van der Waals surface area contributed by atoms with E-state index in [1.54, 1.807) is 12.1 Å². The normalized spacial score (nSPS) is 10.4. The van der Waals surface area contributed by atoms with Crippen LogP contribution in [0.1, 0.15) is 18.1 Å². The van der Waals surface area contributed by atoms with E-state index in [-0.39, 0.29) is 12.5 Å². The average molecular weight is 343 g/mol. The van der Waals surface area contributed by atoms with Gasteiger partial charge in [0.1, 0.15) is 18.1 Å². The molecule has 0 bridgehead atoms. The van der Waals surface area contributed by atoms with Crippen LogP contribution in [0.4, 0.5) is 5.69 Å². The zero-order valence-electron chi connectivity index (χ0n) is 15.0. The van der Waals surface area contributed by atoms with Gasteiger partial charge in [-0.1, -0.05) is 18.2 Å². The minimum Gasteiger partial charge on any atom is -0.491 e. The van der Waals surface area contributed by atoms with Gasteiger partial charge in [0, 0.05) is 12.3 Å². The molecule has 1 N–H and O–H groups in total. The molecule has 25 heavy (non-hydrogen) atoms. The molecule has 1 amide bonds. The molecule has 134 valence electrons. The Morgan fingerprint density at radius 2 is 1.64 bits per heavy atom. The molecule has 0 heterocycles. The first-order valence-electron chi connectivity index (χ1n) is 8.39. The molecule has 5 heteroatoms. The van der Waals surface area contributed by atoms with Crippen LogP contribution in [0.5, 0.6) is 11.5 Å². The number of anilines is 1. The van der Waals surface area contributed by atoms with E-state index in [0.717, 1.165) is 22.6 Å². The molecule has 2 aromatic rings. The fourth-order valence-corrected chi connectivity index (χ4v) is 2.36. The first-order chi connectivity index (χ1) is 12.1. The lowest BCUT2D eigenvalue weighted by molar-refractivity contribution is -0.118. The molecule has 0 saturated carbocycles. The summed E-state index contributed by atoms with van der Waals surface area (Å²) in [6.07, 6.45) is 0. The molecule has 0 fully saturated rings. The highest BCUT2D eigenvalue weighted by Crippen LogP contribution is 2.22. The van der Waals surface area contributed by atoms with Gasteiger partial charge < -0.3 is 19.5 Å². The summed E-state index contributed by atoms with van der Waals surface area (Å²) >= 11 is 0. The number of ether oxygens (including phenoxy) is 3. The Hall–Kier alpha value is -2.53. The Labute approximate surface area is 148 Å². The standard InChI is InChI=1S/C20H25NO4/c1-4-23-12-13-24-18-10-8-17(9-11-18)21-19(22)14-25-20-15(2)6-5-7-16(20)3/h5-11H,4,12-14H2,1-3H3,(H,21,22). The molecular weight excluding hydrogens is 318 g/mol. The summed E-state index contributed by atoms with van der Waals surface area (Å²) < 4.78 is 16.4. The van der Waals surface area contributed by atoms with Crippen molar-refractivity contribution in [3.8, 4) is 11.5 Å². The Kier molecular flexibility index (Phi) is 7.29. The van der Waals surface area contributed by atoms with Gasteiger partial charge in [0.2, 0.25) is 0 Å². The van der Waals surface area contributed by atoms with E-state index in [0.29, 0.717) is 25.5 Å². The van der Waals surface area contributed by atoms with Gasteiger partial charge in [-0.15, -0.1) is 0 Å². The van der Waals surface area contributed by atoms with E-state index >= 15 is 0 Å². The summed E-state index contributed by atoms with van der Waals surface area (Å²) in [6, 6.07) is 13.1.